The second-order valence-electron chi connectivity index (χ2n) is 4.12. The molecule has 3 aromatic rings. The molecule has 0 aliphatic rings. The average Bonchev–Trinajstić information content (AvgIpc) is 2.46. The highest BCUT2D eigenvalue weighted by atomic mass is 79.9. The van der Waals surface area contributed by atoms with Gasteiger partial charge < -0.3 is 5.32 Å². The smallest absolute Gasteiger partial charge is 0.224 e. The Labute approximate surface area is 128 Å². The summed E-state index contributed by atoms with van der Waals surface area (Å²) in [6, 6.07) is 3.85. The first-order chi connectivity index (χ1) is 9.65. The highest BCUT2D eigenvalue weighted by Crippen LogP contribution is 2.28. The van der Waals surface area contributed by atoms with Gasteiger partial charge in [-0.2, -0.15) is 4.98 Å². The lowest BCUT2D eigenvalue weighted by atomic mass is 10.1. The standard InChI is InChI=1S/C13H9BrClN5/c1-7-9(2-3-10-11(7)17-5-4-16-10)19-12-8(14)6-18-13(15)20-12/h2-6H,1H3,(H,18,19,20). The molecule has 3 rings (SSSR count). The van der Waals surface area contributed by atoms with Crippen LogP contribution in [0.1, 0.15) is 5.56 Å². The van der Waals surface area contributed by atoms with E-state index in [1.807, 2.05) is 19.1 Å². The molecule has 0 bridgehead atoms. The van der Waals surface area contributed by atoms with E-state index in [-0.39, 0.29) is 5.28 Å². The van der Waals surface area contributed by atoms with Crippen LogP contribution in [0.2, 0.25) is 5.28 Å². The Morgan fingerprint density at radius 2 is 1.95 bits per heavy atom. The molecule has 0 fully saturated rings. The fraction of sp³-hybridized carbons (Fsp3) is 0.0769. The van der Waals surface area contributed by atoms with Gasteiger partial charge in [-0.3, -0.25) is 9.97 Å². The molecule has 20 heavy (non-hydrogen) atoms. The van der Waals surface area contributed by atoms with Gasteiger partial charge in [-0.1, -0.05) is 0 Å². The number of nitrogens with zero attached hydrogens (tertiary/aromatic N) is 4. The van der Waals surface area contributed by atoms with E-state index in [4.69, 9.17) is 11.6 Å². The van der Waals surface area contributed by atoms with E-state index in [1.54, 1.807) is 18.6 Å². The van der Waals surface area contributed by atoms with Crippen LogP contribution in [0.15, 0.2) is 35.2 Å². The van der Waals surface area contributed by atoms with Crippen molar-refractivity contribution in [1.82, 2.24) is 19.9 Å². The first kappa shape index (κ1) is 13.2. The zero-order chi connectivity index (χ0) is 14.1. The number of rotatable bonds is 2. The molecule has 7 heteroatoms. The molecule has 0 aliphatic heterocycles. The van der Waals surface area contributed by atoms with Crippen LogP contribution in [0.3, 0.4) is 0 Å². The van der Waals surface area contributed by atoms with Crippen molar-refractivity contribution in [3.8, 4) is 0 Å². The Bertz CT molecular complexity index is 793. The third-order valence-corrected chi connectivity index (χ3v) is 3.62. The Hall–Kier alpha value is -1.79. The number of aromatic nitrogens is 4. The predicted octanol–water partition coefficient (Wildman–Crippen LogP) is 3.89. The SMILES string of the molecule is Cc1c(Nc2nc(Cl)ncc2Br)ccc2nccnc12. The van der Waals surface area contributed by atoms with Crippen molar-refractivity contribution in [2.75, 3.05) is 5.32 Å². The fourth-order valence-electron chi connectivity index (χ4n) is 1.87. The maximum Gasteiger partial charge on any atom is 0.224 e. The third-order valence-electron chi connectivity index (χ3n) is 2.86. The van der Waals surface area contributed by atoms with Crippen LogP contribution < -0.4 is 5.32 Å². The molecule has 0 unspecified atom stereocenters. The molecule has 2 heterocycles. The van der Waals surface area contributed by atoms with Gasteiger partial charge in [0, 0.05) is 29.8 Å². The molecule has 2 aromatic heterocycles. The topological polar surface area (TPSA) is 63.6 Å². The zero-order valence-corrected chi connectivity index (χ0v) is 12.8. The number of anilines is 2. The molecule has 0 atom stereocenters. The van der Waals surface area contributed by atoms with Crippen molar-refractivity contribution >= 4 is 50.1 Å². The summed E-state index contributed by atoms with van der Waals surface area (Å²) in [4.78, 5) is 16.7. The van der Waals surface area contributed by atoms with Gasteiger partial charge in [-0.15, -0.1) is 0 Å². The lowest BCUT2D eigenvalue weighted by Gasteiger charge is -2.11. The van der Waals surface area contributed by atoms with Gasteiger partial charge in [-0.05, 0) is 46.6 Å². The lowest BCUT2D eigenvalue weighted by Crippen LogP contribution is -1.99. The number of halogens is 2. The average molecular weight is 351 g/mol. The van der Waals surface area contributed by atoms with Gasteiger partial charge >= 0.3 is 0 Å². The number of hydrogen-bond donors (Lipinski definition) is 1. The molecule has 1 aromatic carbocycles. The van der Waals surface area contributed by atoms with E-state index in [1.165, 1.54) is 0 Å². The third kappa shape index (κ3) is 2.44. The van der Waals surface area contributed by atoms with Crippen LogP contribution in [-0.4, -0.2) is 19.9 Å². The van der Waals surface area contributed by atoms with E-state index in [2.05, 4.69) is 41.2 Å². The van der Waals surface area contributed by atoms with Crippen LogP contribution in [0.4, 0.5) is 11.5 Å². The zero-order valence-electron chi connectivity index (χ0n) is 10.4. The highest BCUT2D eigenvalue weighted by Gasteiger charge is 2.09. The second-order valence-corrected chi connectivity index (χ2v) is 5.32. The molecule has 1 N–H and O–H groups in total. The molecule has 5 nitrogen and oxygen atoms in total. The quantitative estimate of drug-likeness (QED) is 0.710. The highest BCUT2D eigenvalue weighted by molar-refractivity contribution is 9.10. The normalized spacial score (nSPS) is 10.8. The summed E-state index contributed by atoms with van der Waals surface area (Å²) in [7, 11) is 0. The summed E-state index contributed by atoms with van der Waals surface area (Å²) < 4.78 is 0.737. The molecule has 100 valence electrons. The van der Waals surface area contributed by atoms with Crippen LogP contribution in [0, 0.1) is 6.92 Å². The van der Waals surface area contributed by atoms with Crippen molar-refractivity contribution in [1.29, 1.82) is 0 Å². The molecule has 0 saturated heterocycles. The number of benzene rings is 1. The molecular weight excluding hydrogens is 342 g/mol. The molecule has 0 amide bonds. The summed E-state index contributed by atoms with van der Waals surface area (Å²) in [5.74, 6) is 0.608. The Morgan fingerprint density at radius 3 is 2.80 bits per heavy atom. The fourth-order valence-corrected chi connectivity index (χ4v) is 2.29. The molecule has 0 spiro atoms. The van der Waals surface area contributed by atoms with Crippen LogP contribution in [-0.2, 0) is 0 Å². The number of nitrogens with one attached hydrogen (secondary N) is 1. The maximum absolute atomic E-state index is 5.81. The lowest BCUT2D eigenvalue weighted by molar-refractivity contribution is 1.15. The van der Waals surface area contributed by atoms with Crippen LogP contribution in [0.25, 0.3) is 11.0 Å². The number of fused-ring (bicyclic) bond motifs is 1. The summed E-state index contributed by atoms with van der Waals surface area (Å²) in [5, 5.41) is 3.41. The summed E-state index contributed by atoms with van der Waals surface area (Å²) in [6.07, 6.45) is 4.96. The first-order valence-corrected chi connectivity index (χ1v) is 6.97. The van der Waals surface area contributed by atoms with E-state index in [0.717, 1.165) is 26.8 Å². The van der Waals surface area contributed by atoms with E-state index >= 15 is 0 Å². The maximum atomic E-state index is 5.81. The van der Waals surface area contributed by atoms with E-state index < -0.39 is 0 Å². The van der Waals surface area contributed by atoms with E-state index in [0.29, 0.717) is 5.82 Å². The van der Waals surface area contributed by atoms with Crippen molar-refractivity contribution < 1.29 is 0 Å². The molecule has 0 aliphatic carbocycles. The summed E-state index contributed by atoms with van der Waals surface area (Å²) in [5.41, 5.74) is 3.61. The van der Waals surface area contributed by atoms with Gasteiger partial charge in [0.25, 0.3) is 0 Å². The van der Waals surface area contributed by atoms with Crippen molar-refractivity contribution in [3.05, 3.63) is 46.0 Å². The molecule has 0 saturated carbocycles. The number of hydrogen-bond acceptors (Lipinski definition) is 5. The monoisotopic (exact) mass is 349 g/mol. The Kier molecular flexibility index (Phi) is 3.50. The van der Waals surface area contributed by atoms with Crippen molar-refractivity contribution in [2.24, 2.45) is 0 Å². The van der Waals surface area contributed by atoms with Crippen molar-refractivity contribution in [2.45, 2.75) is 6.92 Å². The van der Waals surface area contributed by atoms with Crippen LogP contribution >= 0.6 is 27.5 Å². The first-order valence-electron chi connectivity index (χ1n) is 5.80. The largest absolute Gasteiger partial charge is 0.339 e. The minimum absolute atomic E-state index is 0.189. The predicted molar refractivity (Wildman–Crippen MR) is 82.3 cm³/mol. The van der Waals surface area contributed by atoms with Gasteiger partial charge in [0.1, 0.15) is 5.82 Å². The molecule has 0 radical (unpaired) electrons. The summed E-state index contributed by atoms with van der Waals surface area (Å²) >= 11 is 9.20. The molecular formula is C13H9BrClN5. The Balaban J connectivity index is 2.07. The Morgan fingerprint density at radius 1 is 1.15 bits per heavy atom. The van der Waals surface area contributed by atoms with Gasteiger partial charge in [-0.25, -0.2) is 4.98 Å². The minimum atomic E-state index is 0.189. The van der Waals surface area contributed by atoms with Gasteiger partial charge in [0.2, 0.25) is 5.28 Å². The van der Waals surface area contributed by atoms with Crippen LogP contribution in [0.5, 0.6) is 0 Å². The van der Waals surface area contributed by atoms with Crippen molar-refractivity contribution in [3.63, 3.8) is 0 Å². The minimum Gasteiger partial charge on any atom is -0.339 e. The van der Waals surface area contributed by atoms with Gasteiger partial charge in [0.05, 0.1) is 15.5 Å². The van der Waals surface area contributed by atoms with E-state index in [9.17, 15) is 0 Å². The van der Waals surface area contributed by atoms with Gasteiger partial charge in [0.15, 0.2) is 0 Å². The number of aryl methyl sites for hydroxylation is 1. The second kappa shape index (κ2) is 5.30. The summed E-state index contributed by atoms with van der Waals surface area (Å²) in [6.45, 7) is 1.98.